The molecule has 6 heteroatoms. The number of piperidine rings is 1. The highest BCUT2D eigenvalue weighted by atomic mass is 16.5. The molecule has 0 spiro atoms. The van der Waals surface area contributed by atoms with Crippen LogP contribution in [0.5, 0.6) is 0 Å². The maximum absolute atomic E-state index is 5.27. The second-order valence-electron chi connectivity index (χ2n) is 5.92. The summed E-state index contributed by atoms with van der Waals surface area (Å²) in [6, 6.07) is 2.41. The van der Waals surface area contributed by atoms with Gasteiger partial charge in [0.05, 0.1) is 24.7 Å². The molecule has 2 aromatic heterocycles. The third-order valence-corrected chi connectivity index (χ3v) is 4.30. The summed E-state index contributed by atoms with van der Waals surface area (Å²) < 4.78 is 12.6. The Morgan fingerprint density at radius 2 is 2.32 bits per heavy atom. The Morgan fingerprint density at radius 1 is 1.41 bits per heavy atom. The van der Waals surface area contributed by atoms with Gasteiger partial charge in [0.2, 0.25) is 0 Å². The second-order valence-corrected chi connectivity index (χ2v) is 5.92. The number of aromatic nitrogens is 3. The predicted octanol–water partition coefficient (Wildman–Crippen LogP) is 2.55. The van der Waals surface area contributed by atoms with Crippen LogP contribution < -0.4 is 0 Å². The molecule has 22 heavy (non-hydrogen) atoms. The van der Waals surface area contributed by atoms with E-state index in [1.807, 2.05) is 19.4 Å². The van der Waals surface area contributed by atoms with Crippen LogP contribution in [0.25, 0.3) is 0 Å². The van der Waals surface area contributed by atoms with Crippen LogP contribution >= 0.6 is 0 Å². The first-order valence-electron chi connectivity index (χ1n) is 7.93. The molecule has 1 saturated heterocycles. The number of ether oxygens (including phenoxy) is 1. The van der Waals surface area contributed by atoms with Crippen molar-refractivity contribution in [2.45, 2.75) is 45.3 Å². The van der Waals surface area contributed by atoms with Crippen LogP contribution in [0.15, 0.2) is 23.1 Å². The van der Waals surface area contributed by atoms with Crippen molar-refractivity contribution in [2.75, 3.05) is 20.3 Å². The van der Waals surface area contributed by atoms with Crippen molar-refractivity contribution < 1.29 is 9.26 Å². The van der Waals surface area contributed by atoms with Crippen molar-refractivity contribution in [3.8, 4) is 0 Å². The van der Waals surface area contributed by atoms with Gasteiger partial charge in [0.15, 0.2) is 0 Å². The summed E-state index contributed by atoms with van der Waals surface area (Å²) in [6.07, 6.45) is 7.46. The van der Waals surface area contributed by atoms with Gasteiger partial charge in [0.25, 0.3) is 0 Å². The van der Waals surface area contributed by atoms with E-state index in [1.54, 1.807) is 7.11 Å². The standard InChI is InChI=1S/C16H24N4O2/c1-13-9-15(18-22-13)16-5-3-4-6-19(16)11-14-10-17-12-20(14)7-8-21-2/h9-10,12,16H,3-8,11H2,1-2H3. The number of hydrogen-bond acceptors (Lipinski definition) is 5. The van der Waals surface area contributed by atoms with Crippen LogP contribution in [0.3, 0.4) is 0 Å². The first kappa shape index (κ1) is 15.2. The van der Waals surface area contributed by atoms with Crippen molar-refractivity contribution in [1.82, 2.24) is 19.6 Å². The average Bonchev–Trinajstić information content (AvgIpc) is 3.15. The molecule has 6 nitrogen and oxygen atoms in total. The van der Waals surface area contributed by atoms with E-state index >= 15 is 0 Å². The third kappa shape index (κ3) is 3.39. The largest absolute Gasteiger partial charge is 0.383 e. The van der Waals surface area contributed by atoms with Crippen molar-refractivity contribution in [2.24, 2.45) is 0 Å². The van der Waals surface area contributed by atoms with Crippen LogP contribution in [0.2, 0.25) is 0 Å². The Kier molecular flexibility index (Phi) is 4.90. The summed E-state index contributed by atoms with van der Waals surface area (Å²) in [7, 11) is 1.73. The van der Waals surface area contributed by atoms with Crippen molar-refractivity contribution in [1.29, 1.82) is 0 Å². The van der Waals surface area contributed by atoms with E-state index in [1.165, 1.54) is 18.5 Å². The second kappa shape index (κ2) is 7.07. The van der Waals surface area contributed by atoms with Gasteiger partial charge in [-0.2, -0.15) is 0 Å². The summed E-state index contributed by atoms with van der Waals surface area (Å²) in [6.45, 7) is 5.47. The topological polar surface area (TPSA) is 56.3 Å². The van der Waals surface area contributed by atoms with Gasteiger partial charge in [-0.25, -0.2) is 4.98 Å². The molecule has 0 N–H and O–H groups in total. The lowest BCUT2D eigenvalue weighted by atomic mass is 9.99. The molecule has 0 radical (unpaired) electrons. The van der Waals surface area contributed by atoms with Crippen molar-refractivity contribution in [3.63, 3.8) is 0 Å². The normalized spacial score (nSPS) is 19.6. The van der Waals surface area contributed by atoms with Crippen LogP contribution in [0, 0.1) is 6.92 Å². The molecule has 3 heterocycles. The van der Waals surface area contributed by atoms with Gasteiger partial charge < -0.3 is 13.8 Å². The smallest absolute Gasteiger partial charge is 0.133 e. The predicted molar refractivity (Wildman–Crippen MR) is 82.3 cm³/mol. The molecule has 1 unspecified atom stereocenters. The van der Waals surface area contributed by atoms with Gasteiger partial charge in [-0.05, 0) is 26.3 Å². The van der Waals surface area contributed by atoms with E-state index in [0.29, 0.717) is 12.6 Å². The monoisotopic (exact) mass is 304 g/mol. The van der Waals surface area contributed by atoms with Crippen LogP contribution in [0.4, 0.5) is 0 Å². The summed E-state index contributed by atoms with van der Waals surface area (Å²) >= 11 is 0. The fourth-order valence-corrected chi connectivity index (χ4v) is 3.14. The highest BCUT2D eigenvalue weighted by Crippen LogP contribution is 2.31. The Morgan fingerprint density at radius 3 is 3.09 bits per heavy atom. The minimum Gasteiger partial charge on any atom is -0.383 e. The molecule has 0 saturated carbocycles. The van der Waals surface area contributed by atoms with Gasteiger partial charge in [0, 0.05) is 32.5 Å². The molecule has 1 atom stereocenters. The Balaban J connectivity index is 1.73. The van der Waals surface area contributed by atoms with Gasteiger partial charge in [0.1, 0.15) is 11.5 Å². The fourth-order valence-electron chi connectivity index (χ4n) is 3.14. The molecule has 0 bridgehead atoms. The maximum atomic E-state index is 5.27. The van der Waals surface area contributed by atoms with E-state index < -0.39 is 0 Å². The lowest BCUT2D eigenvalue weighted by Gasteiger charge is -2.34. The first-order chi connectivity index (χ1) is 10.8. The SMILES string of the molecule is COCCn1cncc1CN1CCCCC1c1cc(C)on1. The Bertz CT molecular complexity index is 592. The lowest BCUT2D eigenvalue weighted by Crippen LogP contribution is -2.33. The molecule has 3 rings (SSSR count). The number of aryl methyl sites for hydroxylation is 1. The van der Waals surface area contributed by atoms with E-state index in [2.05, 4.69) is 25.7 Å². The molecule has 0 amide bonds. The highest BCUT2D eigenvalue weighted by Gasteiger charge is 2.27. The van der Waals surface area contributed by atoms with E-state index in [4.69, 9.17) is 9.26 Å². The average molecular weight is 304 g/mol. The summed E-state index contributed by atoms with van der Waals surface area (Å²) in [4.78, 5) is 6.78. The molecule has 1 fully saturated rings. The van der Waals surface area contributed by atoms with E-state index in [-0.39, 0.29) is 0 Å². The number of nitrogens with zero attached hydrogens (tertiary/aromatic N) is 4. The zero-order valence-electron chi connectivity index (χ0n) is 13.4. The van der Waals surface area contributed by atoms with Gasteiger partial charge >= 0.3 is 0 Å². The molecule has 1 aliphatic rings. The van der Waals surface area contributed by atoms with Crippen LogP contribution in [-0.2, 0) is 17.8 Å². The highest BCUT2D eigenvalue weighted by molar-refractivity contribution is 5.11. The number of imidazole rings is 1. The molecule has 2 aromatic rings. The Hall–Kier alpha value is -1.66. The van der Waals surface area contributed by atoms with E-state index in [0.717, 1.165) is 37.5 Å². The molecular weight excluding hydrogens is 280 g/mol. The fraction of sp³-hybridized carbons (Fsp3) is 0.625. The third-order valence-electron chi connectivity index (χ3n) is 4.30. The zero-order chi connectivity index (χ0) is 15.4. The quantitative estimate of drug-likeness (QED) is 0.821. The summed E-state index contributed by atoms with van der Waals surface area (Å²) in [5.41, 5.74) is 2.28. The minimum atomic E-state index is 0.344. The molecule has 1 aliphatic heterocycles. The van der Waals surface area contributed by atoms with E-state index in [9.17, 15) is 0 Å². The molecule has 0 aliphatic carbocycles. The number of likely N-dealkylation sites (tertiary alicyclic amines) is 1. The van der Waals surface area contributed by atoms with Crippen LogP contribution in [-0.4, -0.2) is 39.9 Å². The molecule has 0 aromatic carbocycles. The Labute approximate surface area is 131 Å². The molecule has 120 valence electrons. The number of methoxy groups -OCH3 is 1. The minimum absolute atomic E-state index is 0.344. The van der Waals surface area contributed by atoms with Gasteiger partial charge in [-0.1, -0.05) is 11.6 Å². The zero-order valence-corrected chi connectivity index (χ0v) is 13.4. The maximum Gasteiger partial charge on any atom is 0.133 e. The van der Waals surface area contributed by atoms with Gasteiger partial charge in [-0.15, -0.1) is 0 Å². The van der Waals surface area contributed by atoms with Crippen molar-refractivity contribution >= 4 is 0 Å². The summed E-state index contributed by atoms with van der Waals surface area (Å²) in [5.74, 6) is 0.880. The van der Waals surface area contributed by atoms with Crippen LogP contribution in [0.1, 0.15) is 42.5 Å². The first-order valence-corrected chi connectivity index (χ1v) is 7.93. The van der Waals surface area contributed by atoms with Gasteiger partial charge in [-0.3, -0.25) is 4.90 Å². The lowest BCUT2D eigenvalue weighted by molar-refractivity contribution is 0.129. The van der Waals surface area contributed by atoms with Crippen molar-refractivity contribution in [3.05, 3.63) is 35.7 Å². The number of rotatable bonds is 6. The summed E-state index contributed by atoms with van der Waals surface area (Å²) in [5, 5.41) is 4.23. The molecular formula is C16H24N4O2. The number of hydrogen-bond donors (Lipinski definition) is 0.